The third kappa shape index (κ3) is 3.63. The number of hydrogen-bond donors (Lipinski definition) is 2. The molecule has 0 fully saturated rings. The van der Waals surface area contributed by atoms with E-state index in [2.05, 4.69) is 5.16 Å². The van der Waals surface area contributed by atoms with Gasteiger partial charge in [-0.3, -0.25) is 4.79 Å². The third-order valence-electron chi connectivity index (χ3n) is 3.20. The fourth-order valence-corrected chi connectivity index (χ4v) is 1.86. The topological polar surface area (TPSA) is 88.2 Å². The number of rotatable bonds is 5. The summed E-state index contributed by atoms with van der Waals surface area (Å²) >= 11 is 0. The molecule has 6 nitrogen and oxygen atoms in total. The fraction of sp³-hybridized carbons (Fsp3) is 0.429. The zero-order valence-electron chi connectivity index (χ0n) is 12.3. The molecule has 1 aromatic carbocycles. The number of hydrogen-bond acceptors (Lipinski definition) is 4. The van der Waals surface area contributed by atoms with Gasteiger partial charge < -0.3 is 20.6 Å². The van der Waals surface area contributed by atoms with Crippen LogP contribution in [0.15, 0.2) is 23.4 Å². The molecule has 0 aliphatic carbocycles. The van der Waals surface area contributed by atoms with Gasteiger partial charge in [0, 0.05) is 19.5 Å². The largest absolute Gasteiger partial charge is 0.496 e. The molecule has 0 bridgehead atoms. The second-order valence-electron chi connectivity index (χ2n) is 4.76. The maximum Gasteiger partial charge on any atom is 0.257 e. The molecule has 0 aromatic heterocycles. The summed E-state index contributed by atoms with van der Waals surface area (Å²) in [6, 6.07) is 5.25. The highest BCUT2D eigenvalue weighted by molar-refractivity contribution is 5.97. The molecular weight excluding hydrogens is 258 g/mol. The van der Waals surface area contributed by atoms with Gasteiger partial charge in [0.2, 0.25) is 0 Å². The minimum Gasteiger partial charge on any atom is -0.496 e. The lowest BCUT2D eigenvalue weighted by atomic mass is 10.1. The molecule has 0 saturated heterocycles. The molecule has 110 valence electrons. The second-order valence-corrected chi connectivity index (χ2v) is 4.76. The Labute approximate surface area is 118 Å². The van der Waals surface area contributed by atoms with Crippen molar-refractivity contribution in [3.05, 3.63) is 29.3 Å². The monoisotopic (exact) mass is 279 g/mol. The zero-order chi connectivity index (χ0) is 15.3. The number of carbonyl (C=O) groups is 1. The van der Waals surface area contributed by atoms with Crippen LogP contribution < -0.4 is 10.5 Å². The molecule has 1 rings (SSSR count). The van der Waals surface area contributed by atoms with Crippen LogP contribution in [0, 0.1) is 6.92 Å². The lowest BCUT2D eigenvalue weighted by Crippen LogP contribution is -2.38. The molecule has 20 heavy (non-hydrogen) atoms. The van der Waals surface area contributed by atoms with Crippen molar-refractivity contribution in [1.29, 1.82) is 0 Å². The summed E-state index contributed by atoms with van der Waals surface area (Å²) in [5.74, 6) is 0.459. The molecule has 0 radical (unpaired) electrons. The Kier molecular flexibility index (Phi) is 5.37. The molecule has 0 saturated carbocycles. The highest BCUT2D eigenvalue weighted by atomic mass is 16.5. The van der Waals surface area contributed by atoms with Gasteiger partial charge in [-0.05, 0) is 26.0 Å². The normalized spacial score (nSPS) is 12.9. The Morgan fingerprint density at radius 2 is 2.20 bits per heavy atom. The number of benzene rings is 1. The Bertz CT molecular complexity index is 514. The van der Waals surface area contributed by atoms with Crippen LogP contribution in [0.25, 0.3) is 0 Å². The maximum atomic E-state index is 12.5. The molecule has 1 unspecified atom stereocenters. The number of oxime groups is 1. The Morgan fingerprint density at radius 1 is 1.55 bits per heavy atom. The number of nitrogens with zero attached hydrogens (tertiary/aromatic N) is 2. The van der Waals surface area contributed by atoms with Gasteiger partial charge in [-0.25, -0.2) is 0 Å². The molecule has 0 aliphatic heterocycles. The van der Waals surface area contributed by atoms with E-state index in [0.29, 0.717) is 17.7 Å². The molecule has 0 spiro atoms. The van der Waals surface area contributed by atoms with Crippen LogP contribution >= 0.6 is 0 Å². The third-order valence-corrected chi connectivity index (χ3v) is 3.20. The summed E-state index contributed by atoms with van der Waals surface area (Å²) in [6.07, 6.45) is 0.298. The number of amidine groups is 1. The highest BCUT2D eigenvalue weighted by Gasteiger charge is 2.21. The van der Waals surface area contributed by atoms with E-state index in [9.17, 15) is 4.79 Å². The van der Waals surface area contributed by atoms with Crippen LogP contribution in [0.1, 0.15) is 29.3 Å². The van der Waals surface area contributed by atoms with Gasteiger partial charge in [0.1, 0.15) is 11.6 Å². The van der Waals surface area contributed by atoms with E-state index in [-0.39, 0.29) is 17.8 Å². The number of methoxy groups -OCH3 is 1. The first-order valence-electron chi connectivity index (χ1n) is 6.28. The molecule has 0 aliphatic rings. The van der Waals surface area contributed by atoms with Crippen LogP contribution in [0.2, 0.25) is 0 Å². The van der Waals surface area contributed by atoms with Crippen molar-refractivity contribution in [2.24, 2.45) is 10.9 Å². The quantitative estimate of drug-likeness (QED) is 0.371. The van der Waals surface area contributed by atoms with Crippen molar-refractivity contribution in [2.75, 3.05) is 14.2 Å². The van der Waals surface area contributed by atoms with Crippen LogP contribution in [0.4, 0.5) is 0 Å². The smallest absolute Gasteiger partial charge is 0.257 e. The number of carbonyl (C=O) groups excluding carboxylic acids is 1. The van der Waals surface area contributed by atoms with E-state index < -0.39 is 0 Å². The summed E-state index contributed by atoms with van der Waals surface area (Å²) in [6.45, 7) is 3.74. The maximum absolute atomic E-state index is 12.5. The lowest BCUT2D eigenvalue weighted by molar-refractivity contribution is 0.0743. The van der Waals surface area contributed by atoms with Crippen molar-refractivity contribution in [2.45, 2.75) is 26.3 Å². The van der Waals surface area contributed by atoms with Gasteiger partial charge in [0.05, 0.1) is 12.7 Å². The second kappa shape index (κ2) is 6.79. The van der Waals surface area contributed by atoms with E-state index >= 15 is 0 Å². The van der Waals surface area contributed by atoms with Gasteiger partial charge >= 0.3 is 0 Å². The first kappa shape index (κ1) is 15.8. The van der Waals surface area contributed by atoms with E-state index in [1.54, 1.807) is 24.1 Å². The molecule has 1 aromatic rings. The molecule has 1 amide bonds. The molecule has 1 atom stereocenters. The van der Waals surface area contributed by atoms with E-state index in [4.69, 9.17) is 15.7 Å². The fourth-order valence-electron chi connectivity index (χ4n) is 1.86. The average Bonchev–Trinajstić information content (AvgIpc) is 2.45. The zero-order valence-corrected chi connectivity index (χ0v) is 12.3. The standard InChI is InChI=1S/C14H21N3O3/c1-9-5-6-12(20-4)11(7-9)14(18)17(3)10(2)8-13(15)16-19/h5-7,10,19H,8H2,1-4H3,(H2,15,16). The first-order valence-corrected chi connectivity index (χ1v) is 6.28. The van der Waals surface area contributed by atoms with Crippen LogP contribution in [-0.2, 0) is 0 Å². The lowest BCUT2D eigenvalue weighted by Gasteiger charge is -2.25. The van der Waals surface area contributed by atoms with Gasteiger partial charge in [-0.2, -0.15) is 0 Å². The summed E-state index contributed by atoms with van der Waals surface area (Å²) < 4.78 is 5.22. The van der Waals surface area contributed by atoms with Crippen LogP contribution in [0.5, 0.6) is 5.75 Å². The van der Waals surface area contributed by atoms with Crippen molar-refractivity contribution in [1.82, 2.24) is 4.90 Å². The average molecular weight is 279 g/mol. The summed E-state index contributed by atoms with van der Waals surface area (Å²) in [7, 11) is 3.21. The van der Waals surface area contributed by atoms with Crippen molar-refractivity contribution in [3.8, 4) is 5.75 Å². The molecule has 3 N–H and O–H groups in total. The number of nitrogens with two attached hydrogens (primary N) is 1. The number of ether oxygens (including phenoxy) is 1. The highest BCUT2D eigenvalue weighted by Crippen LogP contribution is 2.22. The van der Waals surface area contributed by atoms with Crippen molar-refractivity contribution >= 4 is 11.7 Å². The summed E-state index contributed by atoms with van der Waals surface area (Å²) in [4.78, 5) is 14.0. The van der Waals surface area contributed by atoms with E-state index in [1.807, 2.05) is 19.9 Å². The molecule has 6 heteroatoms. The van der Waals surface area contributed by atoms with Crippen LogP contribution in [0.3, 0.4) is 0 Å². The van der Waals surface area contributed by atoms with Gasteiger partial charge in [-0.1, -0.05) is 16.8 Å². The van der Waals surface area contributed by atoms with Gasteiger partial charge in [0.15, 0.2) is 0 Å². The minimum absolute atomic E-state index is 0.0911. The number of amides is 1. The summed E-state index contributed by atoms with van der Waals surface area (Å²) in [5.41, 5.74) is 6.95. The Balaban J connectivity index is 2.96. The Hall–Kier alpha value is -2.24. The molecular formula is C14H21N3O3. The van der Waals surface area contributed by atoms with Gasteiger partial charge in [0.25, 0.3) is 5.91 Å². The van der Waals surface area contributed by atoms with E-state index in [1.165, 1.54) is 7.11 Å². The molecule has 0 heterocycles. The van der Waals surface area contributed by atoms with Crippen molar-refractivity contribution in [3.63, 3.8) is 0 Å². The minimum atomic E-state index is -0.191. The van der Waals surface area contributed by atoms with Gasteiger partial charge in [-0.15, -0.1) is 0 Å². The predicted octanol–water partition coefficient (Wildman–Crippen LogP) is 1.60. The van der Waals surface area contributed by atoms with Crippen molar-refractivity contribution < 1.29 is 14.7 Å². The van der Waals surface area contributed by atoms with Crippen LogP contribution in [-0.4, -0.2) is 42.0 Å². The first-order chi connectivity index (χ1) is 9.40. The van der Waals surface area contributed by atoms with E-state index in [0.717, 1.165) is 5.56 Å². The summed E-state index contributed by atoms with van der Waals surface area (Å²) in [5, 5.41) is 11.5. The SMILES string of the molecule is COc1ccc(C)cc1C(=O)N(C)C(C)CC(N)=NO. The Morgan fingerprint density at radius 3 is 2.75 bits per heavy atom. The number of aryl methyl sites for hydroxylation is 1. The predicted molar refractivity (Wildman–Crippen MR) is 77.3 cm³/mol.